The molecule has 3 aliphatic rings. The second-order valence-corrected chi connectivity index (χ2v) is 7.74. The molecular formula is C21H17F4N3O6. The number of allylic oxidation sites excluding steroid dienone is 1. The molecule has 1 spiro atoms. The van der Waals surface area contributed by atoms with E-state index in [1.54, 1.807) is 0 Å². The maximum absolute atomic E-state index is 15.1. The molecule has 3 amide bonds. The van der Waals surface area contributed by atoms with Gasteiger partial charge in [0.15, 0.2) is 17.6 Å². The Balaban J connectivity index is 1.81. The van der Waals surface area contributed by atoms with E-state index >= 15 is 4.39 Å². The van der Waals surface area contributed by atoms with E-state index in [0.717, 1.165) is 24.1 Å². The highest BCUT2D eigenvalue weighted by Crippen LogP contribution is 2.51. The summed E-state index contributed by atoms with van der Waals surface area (Å²) in [6.45, 7) is -1.37. The van der Waals surface area contributed by atoms with Gasteiger partial charge in [0.05, 0.1) is 25.0 Å². The number of hydrogen-bond acceptors (Lipinski definition) is 6. The van der Waals surface area contributed by atoms with Crippen LogP contribution in [0.25, 0.3) is 0 Å². The number of urea groups is 1. The largest absolute Gasteiger partial charge is 0.475 e. The average Bonchev–Trinajstić information content (AvgIpc) is 3.53. The number of hydrogen-bond donors (Lipinski definition) is 1. The predicted molar refractivity (Wildman–Crippen MR) is 107 cm³/mol. The van der Waals surface area contributed by atoms with Crippen LogP contribution in [0.3, 0.4) is 0 Å². The summed E-state index contributed by atoms with van der Waals surface area (Å²) in [5.41, 5.74) is -3.45. The molecule has 4 rings (SSSR count). The minimum Gasteiger partial charge on any atom is -0.475 e. The topological polar surface area (TPSA) is 99.6 Å². The molecule has 1 atom stereocenters. The van der Waals surface area contributed by atoms with Gasteiger partial charge in [-0.1, -0.05) is 5.92 Å². The lowest BCUT2D eigenvalue weighted by molar-refractivity contribution is -0.143. The van der Waals surface area contributed by atoms with Crippen LogP contribution in [-0.4, -0.2) is 66.1 Å². The highest BCUT2D eigenvalue weighted by Gasteiger charge is 2.58. The highest BCUT2D eigenvalue weighted by atomic mass is 19.4. The van der Waals surface area contributed by atoms with Gasteiger partial charge in [0, 0.05) is 18.9 Å². The third-order valence-corrected chi connectivity index (χ3v) is 5.58. The van der Waals surface area contributed by atoms with Crippen molar-refractivity contribution in [3.05, 3.63) is 29.7 Å². The standard InChI is InChI=1S/C21H17F4N3O6/c1-3-6-26-13-8-12(11(22)7-14(13)34-20(4-5-20)18(26)31)28-16(29)9-15(21(23,24)25)27(19(28)32)10-17(30)33-2/h1,7-9,16,29H,4-6,10H2,2H3/t16-/m1/s1. The summed E-state index contributed by atoms with van der Waals surface area (Å²) >= 11 is 0. The van der Waals surface area contributed by atoms with Crippen LogP contribution in [-0.2, 0) is 14.3 Å². The average molecular weight is 483 g/mol. The van der Waals surface area contributed by atoms with Crippen molar-refractivity contribution in [3.63, 3.8) is 0 Å². The number of halogens is 4. The molecule has 2 heterocycles. The fourth-order valence-corrected chi connectivity index (χ4v) is 3.79. The van der Waals surface area contributed by atoms with Crippen LogP contribution in [0.1, 0.15) is 12.8 Å². The highest BCUT2D eigenvalue weighted by molar-refractivity contribution is 6.06. The number of rotatable bonds is 4. The van der Waals surface area contributed by atoms with E-state index < -0.39 is 59.7 Å². The molecule has 1 aromatic rings. The Morgan fingerprint density at radius 2 is 1.97 bits per heavy atom. The minimum atomic E-state index is -5.12. The van der Waals surface area contributed by atoms with E-state index in [9.17, 15) is 32.7 Å². The molecule has 180 valence electrons. The number of aliphatic hydroxyl groups is 1. The molecule has 1 aliphatic carbocycles. The van der Waals surface area contributed by atoms with Gasteiger partial charge >= 0.3 is 18.2 Å². The first kappa shape index (κ1) is 23.4. The van der Waals surface area contributed by atoms with Gasteiger partial charge in [-0.05, 0) is 12.1 Å². The number of alkyl halides is 3. The molecule has 1 N–H and O–H groups in total. The Labute approximate surface area is 190 Å². The van der Waals surface area contributed by atoms with Gasteiger partial charge < -0.3 is 14.6 Å². The predicted octanol–water partition coefficient (Wildman–Crippen LogP) is 1.90. The van der Waals surface area contributed by atoms with E-state index in [2.05, 4.69) is 10.7 Å². The number of esters is 1. The number of ether oxygens (including phenoxy) is 2. The zero-order chi connectivity index (χ0) is 25.0. The van der Waals surface area contributed by atoms with Crippen molar-refractivity contribution in [2.45, 2.75) is 30.8 Å². The van der Waals surface area contributed by atoms with E-state index in [1.807, 2.05) is 0 Å². The first-order valence-electron chi connectivity index (χ1n) is 9.86. The number of fused-ring (bicyclic) bond motifs is 1. The lowest BCUT2D eigenvalue weighted by Gasteiger charge is -2.39. The van der Waals surface area contributed by atoms with Crippen LogP contribution in [0.2, 0.25) is 0 Å². The molecule has 34 heavy (non-hydrogen) atoms. The van der Waals surface area contributed by atoms with Crippen LogP contribution in [0.5, 0.6) is 5.75 Å². The van der Waals surface area contributed by atoms with Crippen molar-refractivity contribution < 1.29 is 46.5 Å². The van der Waals surface area contributed by atoms with Gasteiger partial charge in [-0.3, -0.25) is 24.3 Å². The third-order valence-electron chi connectivity index (χ3n) is 5.58. The second-order valence-electron chi connectivity index (χ2n) is 7.74. The monoisotopic (exact) mass is 483 g/mol. The first-order valence-corrected chi connectivity index (χ1v) is 9.86. The number of terminal acetylenes is 1. The minimum absolute atomic E-state index is 0.0114. The summed E-state index contributed by atoms with van der Waals surface area (Å²) in [4.78, 5) is 38.9. The smallest absolute Gasteiger partial charge is 0.431 e. The molecule has 0 aromatic heterocycles. The fraction of sp³-hybridized carbons (Fsp3) is 0.381. The zero-order valence-electron chi connectivity index (χ0n) is 17.6. The molecule has 1 fully saturated rings. The molecule has 2 aliphatic heterocycles. The Morgan fingerprint density at radius 1 is 1.29 bits per heavy atom. The number of carbonyl (C=O) groups is 3. The summed E-state index contributed by atoms with van der Waals surface area (Å²) in [5.74, 6) is -0.542. The fourth-order valence-electron chi connectivity index (χ4n) is 3.79. The molecule has 0 bridgehead atoms. The summed E-state index contributed by atoms with van der Waals surface area (Å²) in [5, 5.41) is 10.4. The van der Waals surface area contributed by atoms with Crippen molar-refractivity contribution in [1.29, 1.82) is 0 Å². The lowest BCUT2D eigenvalue weighted by atomic mass is 10.1. The molecule has 0 radical (unpaired) electrons. The van der Waals surface area contributed by atoms with Crippen LogP contribution in [0.15, 0.2) is 23.9 Å². The Kier molecular flexibility index (Phi) is 5.44. The Hall–Kier alpha value is -3.79. The summed E-state index contributed by atoms with van der Waals surface area (Å²) in [6.07, 6.45) is -0.974. The van der Waals surface area contributed by atoms with Crippen LogP contribution in [0.4, 0.5) is 33.7 Å². The van der Waals surface area contributed by atoms with Gasteiger partial charge in [0.25, 0.3) is 5.91 Å². The van der Waals surface area contributed by atoms with Gasteiger partial charge in [-0.25, -0.2) is 9.18 Å². The molecule has 1 aromatic carbocycles. The van der Waals surface area contributed by atoms with Gasteiger partial charge in [-0.2, -0.15) is 13.2 Å². The number of nitrogens with zero attached hydrogens (tertiary/aromatic N) is 3. The van der Waals surface area contributed by atoms with Crippen LogP contribution in [0, 0.1) is 18.2 Å². The first-order chi connectivity index (χ1) is 15.9. The zero-order valence-corrected chi connectivity index (χ0v) is 17.6. The van der Waals surface area contributed by atoms with Gasteiger partial charge in [-0.15, -0.1) is 6.42 Å². The van der Waals surface area contributed by atoms with Gasteiger partial charge in [0.2, 0.25) is 0 Å². The van der Waals surface area contributed by atoms with E-state index in [-0.39, 0.29) is 29.0 Å². The SMILES string of the molecule is C#CCN1C(=O)C2(CC2)Oc2cc(F)c(N3C(=O)N(CC(=O)OC)C(C(F)(F)F)=C[C@H]3O)cc21. The number of benzene rings is 1. The number of anilines is 2. The lowest BCUT2D eigenvalue weighted by Crippen LogP contribution is -2.55. The van der Waals surface area contributed by atoms with Crippen LogP contribution >= 0.6 is 0 Å². The summed E-state index contributed by atoms with van der Waals surface area (Å²) < 4.78 is 65.5. The quantitative estimate of drug-likeness (QED) is 0.399. The van der Waals surface area contributed by atoms with E-state index in [1.165, 1.54) is 0 Å². The van der Waals surface area contributed by atoms with Crippen LogP contribution < -0.4 is 14.5 Å². The van der Waals surface area contributed by atoms with Crippen molar-refractivity contribution in [2.24, 2.45) is 0 Å². The van der Waals surface area contributed by atoms with E-state index in [4.69, 9.17) is 11.2 Å². The summed E-state index contributed by atoms with van der Waals surface area (Å²) in [7, 11) is 0.910. The number of amides is 3. The molecular weight excluding hydrogens is 466 g/mol. The van der Waals surface area contributed by atoms with Crippen molar-refractivity contribution in [3.8, 4) is 18.1 Å². The van der Waals surface area contributed by atoms with Crippen molar-refractivity contribution in [2.75, 3.05) is 30.0 Å². The maximum atomic E-state index is 15.1. The normalized spacial score (nSPS) is 21.0. The molecule has 0 saturated heterocycles. The third kappa shape index (κ3) is 3.69. The molecule has 9 nitrogen and oxygen atoms in total. The number of methoxy groups -OCH3 is 1. The number of carbonyl (C=O) groups excluding carboxylic acids is 3. The molecule has 1 saturated carbocycles. The second kappa shape index (κ2) is 7.91. The maximum Gasteiger partial charge on any atom is 0.431 e. The number of aliphatic hydroxyl groups excluding tert-OH is 1. The Bertz CT molecular complexity index is 1150. The molecule has 13 heteroatoms. The van der Waals surface area contributed by atoms with Crippen molar-refractivity contribution >= 4 is 29.3 Å². The van der Waals surface area contributed by atoms with Gasteiger partial charge in [0.1, 0.15) is 18.0 Å². The van der Waals surface area contributed by atoms with Crippen molar-refractivity contribution in [1.82, 2.24) is 4.90 Å². The summed E-state index contributed by atoms with van der Waals surface area (Å²) in [6, 6.07) is 0.282. The Morgan fingerprint density at radius 3 is 2.53 bits per heavy atom. The molecule has 0 unspecified atom stereocenters. The van der Waals surface area contributed by atoms with E-state index in [0.29, 0.717) is 17.7 Å².